The average Bonchev–Trinajstić information content (AvgIpc) is 3.13. The van der Waals surface area contributed by atoms with E-state index in [1.807, 2.05) is 0 Å². The van der Waals surface area contributed by atoms with Crippen molar-refractivity contribution in [1.29, 1.82) is 0 Å². The minimum Gasteiger partial charge on any atom is -0.336 e. The lowest BCUT2D eigenvalue weighted by Gasteiger charge is -2.34. The number of carbonyl (C=O) groups excluding carboxylic acids is 3. The maximum atomic E-state index is 12.9. The normalized spacial score (nSPS) is 17.8. The largest absolute Gasteiger partial charge is 0.336 e. The van der Waals surface area contributed by atoms with E-state index in [9.17, 15) is 22.8 Å². The van der Waals surface area contributed by atoms with Crippen molar-refractivity contribution in [2.24, 2.45) is 0 Å². The summed E-state index contributed by atoms with van der Waals surface area (Å²) in [7, 11) is -3.84. The molecule has 4 rings (SSSR count). The maximum absolute atomic E-state index is 12.9. The highest BCUT2D eigenvalue weighted by molar-refractivity contribution is 7.89. The number of carbonyl (C=O) groups is 3. The van der Waals surface area contributed by atoms with E-state index >= 15 is 0 Å². The number of hydrogen-bond acceptors (Lipinski definition) is 5. The van der Waals surface area contributed by atoms with Crippen LogP contribution in [0, 0.1) is 0 Å². The number of amides is 3. The highest BCUT2D eigenvalue weighted by Crippen LogP contribution is 2.29. The van der Waals surface area contributed by atoms with Crippen molar-refractivity contribution in [3.63, 3.8) is 0 Å². The fourth-order valence-electron chi connectivity index (χ4n) is 3.75. The number of benzene rings is 2. The summed E-state index contributed by atoms with van der Waals surface area (Å²) in [4.78, 5) is 39.2. The van der Waals surface area contributed by atoms with Crippen molar-refractivity contribution in [2.75, 3.05) is 31.1 Å². The quantitative estimate of drug-likeness (QED) is 0.607. The molecule has 2 aromatic carbocycles. The van der Waals surface area contributed by atoms with Gasteiger partial charge >= 0.3 is 0 Å². The van der Waals surface area contributed by atoms with Crippen LogP contribution in [0.15, 0.2) is 47.4 Å². The van der Waals surface area contributed by atoms with Gasteiger partial charge in [0.1, 0.15) is 4.90 Å². The summed E-state index contributed by atoms with van der Waals surface area (Å²) in [5.41, 5.74) is 0.824. The summed E-state index contributed by atoms with van der Waals surface area (Å²) < 4.78 is 27.2. The summed E-state index contributed by atoms with van der Waals surface area (Å²) in [5, 5.41) is 0.352. The summed E-state index contributed by atoms with van der Waals surface area (Å²) in [6.45, 7) is 0.653. The molecule has 0 radical (unpaired) electrons. The highest BCUT2D eigenvalue weighted by atomic mass is 35.5. The molecule has 0 atom stereocenters. The molecule has 32 heavy (non-hydrogen) atoms. The summed E-state index contributed by atoms with van der Waals surface area (Å²) in [6, 6.07) is 10.5. The van der Waals surface area contributed by atoms with E-state index in [1.165, 1.54) is 22.5 Å². The van der Waals surface area contributed by atoms with Gasteiger partial charge in [-0.1, -0.05) is 23.2 Å². The summed E-state index contributed by atoms with van der Waals surface area (Å²) >= 11 is 12.0. The lowest BCUT2D eigenvalue weighted by atomic mass is 10.1. The molecular weight excluding hydrogens is 477 g/mol. The molecule has 2 saturated heterocycles. The molecule has 2 fully saturated rings. The highest BCUT2D eigenvalue weighted by Gasteiger charge is 2.33. The third-order valence-corrected chi connectivity index (χ3v) is 8.08. The number of sulfonamides is 1. The van der Waals surface area contributed by atoms with Gasteiger partial charge in [-0.25, -0.2) is 8.42 Å². The minimum atomic E-state index is -3.84. The fraction of sp³-hybridized carbons (Fsp3) is 0.286. The van der Waals surface area contributed by atoms with Gasteiger partial charge in [0.15, 0.2) is 0 Å². The predicted molar refractivity (Wildman–Crippen MR) is 119 cm³/mol. The second kappa shape index (κ2) is 8.82. The van der Waals surface area contributed by atoms with Crippen LogP contribution >= 0.6 is 23.2 Å². The Labute approximate surface area is 195 Å². The molecular formula is C21H19Cl2N3O5S. The van der Waals surface area contributed by atoms with Gasteiger partial charge in [-0.3, -0.25) is 19.3 Å². The Balaban J connectivity index is 1.43. The molecule has 0 unspecified atom stereocenters. The molecule has 0 saturated carbocycles. The number of nitrogens with zero attached hydrogens (tertiary/aromatic N) is 3. The lowest BCUT2D eigenvalue weighted by molar-refractivity contribution is -0.121. The molecule has 3 amide bonds. The van der Waals surface area contributed by atoms with Crippen LogP contribution in [0.2, 0.25) is 10.0 Å². The molecule has 8 nitrogen and oxygen atoms in total. The van der Waals surface area contributed by atoms with Crippen molar-refractivity contribution in [3.05, 3.63) is 58.1 Å². The first-order valence-corrected chi connectivity index (χ1v) is 12.1. The number of imide groups is 1. The SMILES string of the molecule is O=C(c1ccc(N2C(=O)CCC2=O)cc1)N1CCN(S(=O)(=O)c2cc(Cl)ccc2Cl)CC1. The van der Waals surface area contributed by atoms with Crippen molar-refractivity contribution in [1.82, 2.24) is 9.21 Å². The summed E-state index contributed by atoms with van der Waals surface area (Å²) in [5.74, 6) is -0.772. The number of rotatable bonds is 4. The van der Waals surface area contributed by atoms with Crippen LogP contribution in [0.1, 0.15) is 23.2 Å². The molecule has 0 spiro atoms. The van der Waals surface area contributed by atoms with Crippen LogP contribution in [0.3, 0.4) is 0 Å². The van der Waals surface area contributed by atoms with Crippen LogP contribution in [0.5, 0.6) is 0 Å². The zero-order valence-corrected chi connectivity index (χ0v) is 19.2. The van der Waals surface area contributed by atoms with Gasteiger partial charge < -0.3 is 4.90 Å². The number of hydrogen-bond donors (Lipinski definition) is 0. The molecule has 2 aliphatic heterocycles. The molecule has 2 aromatic rings. The van der Waals surface area contributed by atoms with E-state index in [2.05, 4.69) is 0 Å². The van der Waals surface area contributed by atoms with E-state index in [4.69, 9.17) is 23.2 Å². The Morgan fingerprint density at radius 1 is 0.844 bits per heavy atom. The first-order chi connectivity index (χ1) is 15.2. The molecule has 11 heteroatoms. The number of halogens is 2. The Morgan fingerprint density at radius 3 is 2.03 bits per heavy atom. The van der Waals surface area contributed by atoms with Crippen LogP contribution < -0.4 is 4.90 Å². The lowest BCUT2D eigenvalue weighted by Crippen LogP contribution is -2.50. The monoisotopic (exact) mass is 495 g/mol. The number of piperazine rings is 1. The Bertz CT molecular complexity index is 1180. The van der Waals surface area contributed by atoms with Crippen LogP contribution in [-0.2, 0) is 19.6 Å². The first-order valence-electron chi connectivity index (χ1n) is 9.89. The molecule has 0 aliphatic carbocycles. The third kappa shape index (κ3) is 4.25. The van der Waals surface area contributed by atoms with E-state index in [0.29, 0.717) is 11.3 Å². The van der Waals surface area contributed by atoms with Crippen LogP contribution in [0.4, 0.5) is 5.69 Å². The zero-order valence-electron chi connectivity index (χ0n) is 16.8. The second-order valence-corrected chi connectivity index (χ2v) is 10.2. The van der Waals surface area contributed by atoms with Crippen LogP contribution in [0.25, 0.3) is 0 Å². The second-order valence-electron chi connectivity index (χ2n) is 7.44. The standard InChI is InChI=1S/C21H19Cl2N3O5S/c22-15-3-6-17(23)18(13-15)32(30,31)25-11-9-24(10-12-25)21(29)14-1-4-16(5-2-14)26-19(27)7-8-20(26)28/h1-6,13H,7-12H2. The maximum Gasteiger partial charge on any atom is 0.253 e. The Hall–Kier alpha value is -2.46. The third-order valence-electron chi connectivity index (χ3n) is 5.46. The van der Waals surface area contributed by atoms with Gasteiger partial charge in [-0.05, 0) is 42.5 Å². The van der Waals surface area contributed by atoms with Gasteiger partial charge in [0.25, 0.3) is 5.91 Å². The van der Waals surface area contributed by atoms with Gasteiger partial charge in [0.2, 0.25) is 21.8 Å². The fourth-order valence-corrected chi connectivity index (χ4v) is 5.91. The first kappa shape index (κ1) is 22.7. The van der Waals surface area contributed by atoms with Crippen molar-refractivity contribution in [2.45, 2.75) is 17.7 Å². The van der Waals surface area contributed by atoms with Gasteiger partial charge in [0.05, 0.1) is 10.7 Å². The van der Waals surface area contributed by atoms with Gasteiger partial charge in [-0.15, -0.1) is 0 Å². The van der Waals surface area contributed by atoms with E-state index in [1.54, 1.807) is 29.2 Å². The molecule has 0 aromatic heterocycles. The summed E-state index contributed by atoms with van der Waals surface area (Å²) in [6.07, 6.45) is 0.375. The van der Waals surface area contributed by atoms with Crippen molar-refractivity contribution in [3.8, 4) is 0 Å². The predicted octanol–water partition coefficient (Wildman–Crippen LogP) is 2.79. The minimum absolute atomic E-state index is 0.0620. The van der Waals surface area contributed by atoms with E-state index < -0.39 is 10.0 Å². The van der Waals surface area contributed by atoms with Crippen molar-refractivity contribution < 1.29 is 22.8 Å². The van der Waals surface area contributed by atoms with E-state index in [0.717, 1.165) is 4.90 Å². The zero-order chi connectivity index (χ0) is 23.0. The smallest absolute Gasteiger partial charge is 0.253 e. The van der Waals surface area contributed by atoms with E-state index in [-0.39, 0.29) is 71.7 Å². The van der Waals surface area contributed by atoms with Crippen molar-refractivity contribution >= 4 is 56.6 Å². The Morgan fingerprint density at radius 2 is 1.44 bits per heavy atom. The van der Waals surface area contributed by atoms with Gasteiger partial charge in [0, 0.05) is 49.6 Å². The van der Waals surface area contributed by atoms with Crippen LogP contribution in [-0.4, -0.2) is 61.5 Å². The van der Waals surface area contributed by atoms with Gasteiger partial charge in [-0.2, -0.15) is 4.31 Å². The molecule has 0 N–H and O–H groups in total. The molecule has 2 aliphatic rings. The molecule has 2 heterocycles. The molecule has 168 valence electrons. The molecule has 0 bridgehead atoms. The topological polar surface area (TPSA) is 95.1 Å². The average molecular weight is 496 g/mol. The number of anilines is 1. The Kier molecular flexibility index (Phi) is 6.26.